The van der Waals surface area contributed by atoms with E-state index in [-0.39, 0.29) is 11.9 Å². The van der Waals surface area contributed by atoms with Crippen molar-refractivity contribution in [3.63, 3.8) is 0 Å². The summed E-state index contributed by atoms with van der Waals surface area (Å²) in [6.07, 6.45) is 1.02. The van der Waals surface area contributed by atoms with Gasteiger partial charge in [-0.15, -0.1) is 0 Å². The highest BCUT2D eigenvalue weighted by Crippen LogP contribution is 2.23. The van der Waals surface area contributed by atoms with Crippen LogP contribution in [-0.2, 0) is 6.42 Å². The Kier molecular flexibility index (Phi) is 5.62. The van der Waals surface area contributed by atoms with Crippen molar-refractivity contribution in [2.45, 2.75) is 33.2 Å². The van der Waals surface area contributed by atoms with Crippen molar-refractivity contribution in [1.29, 1.82) is 0 Å². The van der Waals surface area contributed by atoms with E-state index in [4.69, 9.17) is 11.6 Å². The molecule has 2 rings (SSSR count). The van der Waals surface area contributed by atoms with Crippen LogP contribution in [0.2, 0.25) is 5.02 Å². The normalized spacial score (nSPS) is 12.2. The molecule has 22 heavy (non-hydrogen) atoms. The zero-order valence-corrected chi connectivity index (χ0v) is 14.0. The number of benzene rings is 2. The smallest absolute Gasteiger partial charge is 0.251 e. The third-order valence-corrected chi connectivity index (χ3v) is 4.06. The van der Waals surface area contributed by atoms with Crippen molar-refractivity contribution in [3.8, 4) is 0 Å². The molecule has 1 atom stereocenters. The average molecular weight is 316 g/mol. The molecule has 0 saturated carbocycles. The number of halogens is 1. The zero-order chi connectivity index (χ0) is 16.1. The minimum absolute atomic E-state index is 0.00548. The molecule has 0 bridgehead atoms. The van der Waals surface area contributed by atoms with E-state index in [2.05, 4.69) is 50.4 Å². The van der Waals surface area contributed by atoms with E-state index < -0.39 is 0 Å². The fourth-order valence-corrected chi connectivity index (χ4v) is 2.55. The van der Waals surface area contributed by atoms with Crippen molar-refractivity contribution >= 4 is 17.5 Å². The lowest BCUT2D eigenvalue weighted by atomic mass is 9.94. The van der Waals surface area contributed by atoms with Crippen LogP contribution < -0.4 is 5.32 Å². The molecular formula is C19H22ClNO. The predicted molar refractivity (Wildman–Crippen MR) is 92.3 cm³/mol. The van der Waals surface area contributed by atoms with Crippen LogP contribution in [0.25, 0.3) is 0 Å². The minimum atomic E-state index is -0.0741. The summed E-state index contributed by atoms with van der Waals surface area (Å²) in [6, 6.07) is 15.4. The summed E-state index contributed by atoms with van der Waals surface area (Å²) in [7, 11) is 0. The molecule has 2 aromatic rings. The molecule has 0 spiro atoms. The number of nitrogens with one attached hydrogen (secondary N) is 1. The summed E-state index contributed by atoms with van der Waals surface area (Å²) < 4.78 is 0. The van der Waals surface area contributed by atoms with Crippen LogP contribution in [0.5, 0.6) is 0 Å². The van der Waals surface area contributed by atoms with Crippen LogP contribution >= 0.6 is 11.6 Å². The lowest BCUT2D eigenvalue weighted by molar-refractivity contribution is 0.0925. The van der Waals surface area contributed by atoms with Gasteiger partial charge in [0.1, 0.15) is 0 Å². The second kappa shape index (κ2) is 7.46. The van der Waals surface area contributed by atoms with Gasteiger partial charge in [-0.05, 0) is 47.7 Å². The molecule has 0 aromatic heterocycles. The molecule has 1 amide bonds. The number of carbonyl (C=O) groups is 1. The number of carbonyl (C=O) groups excluding carboxylic acids is 1. The maximum Gasteiger partial charge on any atom is 0.251 e. The van der Waals surface area contributed by atoms with E-state index >= 15 is 0 Å². The second-order valence-corrected chi connectivity index (χ2v) is 6.23. The first-order valence-corrected chi connectivity index (χ1v) is 8.04. The summed E-state index contributed by atoms with van der Waals surface area (Å²) in [6.45, 7) is 6.36. The Morgan fingerprint density at radius 2 is 1.64 bits per heavy atom. The molecule has 0 saturated heterocycles. The van der Waals surface area contributed by atoms with E-state index in [0.717, 1.165) is 12.0 Å². The van der Waals surface area contributed by atoms with Crippen molar-refractivity contribution in [3.05, 3.63) is 70.2 Å². The van der Waals surface area contributed by atoms with Crippen molar-refractivity contribution < 1.29 is 4.79 Å². The minimum Gasteiger partial charge on any atom is -0.345 e. The fraction of sp³-hybridized carbons (Fsp3) is 0.316. The summed E-state index contributed by atoms with van der Waals surface area (Å²) in [5.41, 5.74) is 3.06. The molecule has 0 radical (unpaired) electrons. The molecule has 3 heteroatoms. The maximum atomic E-state index is 12.4. The van der Waals surface area contributed by atoms with Crippen LogP contribution in [0, 0.1) is 5.92 Å². The van der Waals surface area contributed by atoms with Crippen LogP contribution in [-0.4, -0.2) is 5.91 Å². The van der Waals surface area contributed by atoms with Gasteiger partial charge in [0.25, 0.3) is 5.91 Å². The Morgan fingerprint density at radius 3 is 2.14 bits per heavy atom. The monoisotopic (exact) mass is 315 g/mol. The van der Waals surface area contributed by atoms with Gasteiger partial charge in [-0.1, -0.05) is 56.6 Å². The third-order valence-electron chi connectivity index (χ3n) is 3.81. The predicted octanol–water partition coefficient (Wildman–Crippen LogP) is 5.03. The van der Waals surface area contributed by atoms with Crippen molar-refractivity contribution in [1.82, 2.24) is 5.32 Å². The fourth-order valence-electron chi connectivity index (χ4n) is 2.42. The van der Waals surface area contributed by atoms with Gasteiger partial charge in [0.2, 0.25) is 0 Å². The number of amides is 1. The van der Waals surface area contributed by atoms with E-state index in [1.54, 1.807) is 24.3 Å². The summed E-state index contributed by atoms with van der Waals surface area (Å²) in [5.74, 6) is 0.235. The summed E-state index contributed by atoms with van der Waals surface area (Å²) >= 11 is 5.87. The van der Waals surface area contributed by atoms with Gasteiger partial charge >= 0.3 is 0 Å². The highest BCUT2D eigenvalue weighted by Gasteiger charge is 2.19. The Bertz CT molecular complexity index is 617. The second-order valence-electron chi connectivity index (χ2n) is 5.80. The summed E-state index contributed by atoms with van der Waals surface area (Å²) in [5, 5.41) is 3.76. The average Bonchev–Trinajstić information content (AvgIpc) is 2.53. The lowest BCUT2D eigenvalue weighted by Gasteiger charge is -2.23. The van der Waals surface area contributed by atoms with Gasteiger partial charge in [-0.3, -0.25) is 4.79 Å². The van der Waals surface area contributed by atoms with Gasteiger partial charge in [0.15, 0.2) is 0 Å². The van der Waals surface area contributed by atoms with Gasteiger partial charge in [0, 0.05) is 10.6 Å². The molecule has 0 aliphatic carbocycles. The molecule has 116 valence electrons. The van der Waals surface area contributed by atoms with Gasteiger partial charge in [0.05, 0.1) is 6.04 Å². The molecule has 0 heterocycles. The van der Waals surface area contributed by atoms with Crippen LogP contribution in [0.3, 0.4) is 0 Å². The van der Waals surface area contributed by atoms with E-state index in [1.807, 2.05) is 0 Å². The quantitative estimate of drug-likeness (QED) is 0.823. The number of aryl methyl sites for hydroxylation is 1. The Morgan fingerprint density at radius 1 is 1.05 bits per heavy atom. The van der Waals surface area contributed by atoms with Crippen molar-refractivity contribution in [2.24, 2.45) is 5.92 Å². The van der Waals surface area contributed by atoms with Crippen LogP contribution in [0.4, 0.5) is 0 Å². The Hall–Kier alpha value is -1.80. The molecular weight excluding hydrogens is 294 g/mol. The third kappa shape index (κ3) is 4.11. The molecule has 1 N–H and O–H groups in total. The zero-order valence-electron chi connectivity index (χ0n) is 13.3. The highest BCUT2D eigenvalue weighted by atomic mass is 35.5. The van der Waals surface area contributed by atoms with Gasteiger partial charge in [-0.2, -0.15) is 0 Å². The van der Waals surface area contributed by atoms with Gasteiger partial charge in [-0.25, -0.2) is 0 Å². The Labute approximate surface area is 137 Å². The number of rotatable bonds is 5. The molecule has 0 aliphatic rings. The van der Waals surface area contributed by atoms with E-state index in [9.17, 15) is 4.79 Å². The van der Waals surface area contributed by atoms with Crippen LogP contribution in [0.15, 0.2) is 48.5 Å². The molecule has 2 nitrogen and oxygen atoms in total. The summed E-state index contributed by atoms with van der Waals surface area (Å²) in [4.78, 5) is 12.4. The first-order chi connectivity index (χ1) is 10.5. The Balaban J connectivity index is 2.17. The molecule has 0 aliphatic heterocycles. The molecule has 0 unspecified atom stereocenters. The lowest BCUT2D eigenvalue weighted by Crippen LogP contribution is -2.31. The van der Waals surface area contributed by atoms with Crippen molar-refractivity contribution in [2.75, 3.05) is 0 Å². The van der Waals surface area contributed by atoms with E-state index in [0.29, 0.717) is 16.5 Å². The molecule has 2 aromatic carbocycles. The topological polar surface area (TPSA) is 29.1 Å². The first-order valence-electron chi connectivity index (χ1n) is 7.66. The largest absolute Gasteiger partial charge is 0.345 e. The molecule has 0 fully saturated rings. The number of hydrogen-bond donors (Lipinski definition) is 1. The van der Waals surface area contributed by atoms with Gasteiger partial charge < -0.3 is 5.32 Å². The van der Waals surface area contributed by atoms with Crippen LogP contribution in [0.1, 0.15) is 48.3 Å². The standard InChI is InChI=1S/C19H22ClNO/c1-4-14-5-7-15(8-6-14)18(13(2)3)21-19(22)16-9-11-17(20)12-10-16/h5-13,18H,4H2,1-3H3,(H,21,22)/t18-/m1/s1. The maximum absolute atomic E-state index is 12.4. The van der Waals surface area contributed by atoms with E-state index in [1.165, 1.54) is 5.56 Å². The number of hydrogen-bond acceptors (Lipinski definition) is 1. The SMILES string of the molecule is CCc1ccc([C@H](NC(=O)c2ccc(Cl)cc2)C(C)C)cc1. The highest BCUT2D eigenvalue weighted by molar-refractivity contribution is 6.30. The first kappa shape index (κ1) is 16.6.